The molecule has 1 fully saturated rings. The van der Waals surface area contributed by atoms with Gasteiger partial charge in [-0.2, -0.15) is 0 Å². The second kappa shape index (κ2) is 6.07. The summed E-state index contributed by atoms with van der Waals surface area (Å²) in [7, 11) is 3.64. The molecule has 0 aromatic carbocycles. The summed E-state index contributed by atoms with van der Waals surface area (Å²) in [5.74, 6) is 2.89. The van der Waals surface area contributed by atoms with E-state index in [4.69, 9.17) is 0 Å². The highest BCUT2D eigenvalue weighted by atomic mass is 16.2. The lowest BCUT2D eigenvalue weighted by Crippen LogP contribution is -2.39. The molecule has 0 spiro atoms. The Kier molecular flexibility index (Phi) is 4.42. The van der Waals surface area contributed by atoms with Crippen LogP contribution in [0.1, 0.15) is 38.4 Å². The molecule has 2 N–H and O–H groups in total. The highest BCUT2D eigenvalue weighted by molar-refractivity contribution is 5.83. The number of amides is 1. The summed E-state index contributed by atoms with van der Waals surface area (Å²) in [5.41, 5.74) is 0. The monoisotopic (exact) mass is 277 g/mol. The fourth-order valence-corrected chi connectivity index (χ4v) is 1.96. The largest absolute Gasteiger partial charge is 0.373 e. The van der Waals surface area contributed by atoms with E-state index in [1.54, 1.807) is 11.9 Å². The molecular formula is C14H23N5O. The predicted molar refractivity (Wildman–Crippen MR) is 79.9 cm³/mol. The summed E-state index contributed by atoms with van der Waals surface area (Å²) in [6, 6.07) is 1.54. The smallest absolute Gasteiger partial charge is 0.244 e. The van der Waals surface area contributed by atoms with Gasteiger partial charge in [-0.1, -0.05) is 0 Å². The first-order chi connectivity index (χ1) is 9.55. The number of likely N-dealkylation sites (N-methyl/N-ethyl adjacent to an activating group) is 1. The minimum absolute atomic E-state index is 0.0603. The maximum absolute atomic E-state index is 12.1. The SMILES string of the molecule is CCN(C)C(=O)C(C)Nc1cc(NC)nc(C2CC2)n1. The Labute approximate surface area is 120 Å². The van der Waals surface area contributed by atoms with Crippen molar-refractivity contribution in [2.45, 2.75) is 38.6 Å². The van der Waals surface area contributed by atoms with Crippen molar-refractivity contribution in [2.24, 2.45) is 0 Å². The van der Waals surface area contributed by atoms with E-state index in [9.17, 15) is 4.79 Å². The van der Waals surface area contributed by atoms with Gasteiger partial charge in [0.2, 0.25) is 5.91 Å². The Morgan fingerprint density at radius 3 is 2.65 bits per heavy atom. The number of hydrogen-bond donors (Lipinski definition) is 2. The minimum Gasteiger partial charge on any atom is -0.373 e. The molecule has 1 aromatic heterocycles. The van der Waals surface area contributed by atoms with Crippen molar-refractivity contribution in [3.05, 3.63) is 11.9 Å². The van der Waals surface area contributed by atoms with Crippen LogP contribution in [0, 0.1) is 0 Å². The number of rotatable bonds is 6. The van der Waals surface area contributed by atoms with Gasteiger partial charge in [-0.25, -0.2) is 9.97 Å². The van der Waals surface area contributed by atoms with Crippen LogP contribution >= 0.6 is 0 Å². The van der Waals surface area contributed by atoms with Crippen LogP contribution in [0.2, 0.25) is 0 Å². The zero-order chi connectivity index (χ0) is 14.7. The van der Waals surface area contributed by atoms with Crippen molar-refractivity contribution in [3.63, 3.8) is 0 Å². The average molecular weight is 277 g/mol. The molecule has 6 nitrogen and oxygen atoms in total. The maximum Gasteiger partial charge on any atom is 0.244 e. The number of hydrogen-bond acceptors (Lipinski definition) is 5. The highest BCUT2D eigenvalue weighted by Gasteiger charge is 2.27. The zero-order valence-corrected chi connectivity index (χ0v) is 12.6. The van der Waals surface area contributed by atoms with E-state index in [1.807, 2.05) is 27.0 Å². The fourth-order valence-electron chi connectivity index (χ4n) is 1.96. The van der Waals surface area contributed by atoms with Crippen LogP contribution in [0.3, 0.4) is 0 Å². The van der Waals surface area contributed by atoms with Gasteiger partial charge in [0.1, 0.15) is 23.5 Å². The summed E-state index contributed by atoms with van der Waals surface area (Å²) in [4.78, 5) is 22.7. The number of nitrogens with one attached hydrogen (secondary N) is 2. The molecule has 1 aliphatic carbocycles. The Morgan fingerprint density at radius 2 is 2.10 bits per heavy atom. The second-order valence-corrected chi connectivity index (χ2v) is 5.24. The van der Waals surface area contributed by atoms with Crippen LogP contribution in [0.5, 0.6) is 0 Å². The third-order valence-electron chi connectivity index (χ3n) is 3.53. The van der Waals surface area contributed by atoms with Gasteiger partial charge in [0.25, 0.3) is 0 Å². The molecule has 110 valence electrons. The van der Waals surface area contributed by atoms with Crippen molar-refractivity contribution in [3.8, 4) is 0 Å². The van der Waals surface area contributed by atoms with Gasteiger partial charge in [-0.3, -0.25) is 4.79 Å². The fraction of sp³-hybridized carbons (Fsp3) is 0.643. The van der Waals surface area contributed by atoms with Crippen molar-refractivity contribution >= 4 is 17.5 Å². The van der Waals surface area contributed by atoms with Crippen LogP contribution in [-0.2, 0) is 4.79 Å². The molecule has 0 saturated heterocycles. The van der Waals surface area contributed by atoms with Gasteiger partial charge < -0.3 is 15.5 Å². The molecule has 6 heteroatoms. The quantitative estimate of drug-likeness (QED) is 0.828. The lowest BCUT2D eigenvalue weighted by molar-refractivity contribution is -0.130. The molecule has 2 rings (SSSR count). The number of nitrogens with zero attached hydrogens (tertiary/aromatic N) is 3. The van der Waals surface area contributed by atoms with Gasteiger partial charge >= 0.3 is 0 Å². The second-order valence-electron chi connectivity index (χ2n) is 5.24. The first-order valence-electron chi connectivity index (χ1n) is 7.13. The lowest BCUT2D eigenvalue weighted by Gasteiger charge is -2.21. The third-order valence-corrected chi connectivity index (χ3v) is 3.53. The Balaban J connectivity index is 2.11. The summed E-state index contributed by atoms with van der Waals surface area (Å²) in [5, 5.41) is 6.21. The molecule has 0 aliphatic heterocycles. The molecule has 1 saturated carbocycles. The van der Waals surface area contributed by atoms with Gasteiger partial charge in [-0.15, -0.1) is 0 Å². The average Bonchev–Trinajstić information content (AvgIpc) is 3.29. The minimum atomic E-state index is -0.299. The van der Waals surface area contributed by atoms with E-state index in [0.717, 1.165) is 24.5 Å². The van der Waals surface area contributed by atoms with Crippen LogP contribution < -0.4 is 10.6 Å². The van der Waals surface area contributed by atoms with Crippen LogP contribution in [0.15, 0.2) is 6.07 Å². The number of carbonyl (C=O) groups is 1. The lowest BCUT2D eigenvalue weighted by atomic mass is 10.3. The zero-order valence-electron chi connectivity index (χ0n) is 12.6. The molecule has 1 amide bonds. The van der Waals surface area contributed by atoms with E-state index in [1.165, 1.54) is 0 Å². The number of anilines is 2. The van der Waals surface area contributed by atoms with E-state index in [0.29, 0.717) is 18.3 Å². The van der Waals surface area contributed by atoms with Crippen LogP contribution in [0.4, 0.5) is 11.6 Å². The number of carbonyl (C=O) groups excluding carboxylic acids is 1. The summed E-state index contributed by atoms with van der Waals surface area (Å²) in [6.45, 7) is 4.51. The standard InChI is InChI=1S/C14H23N5O/c1-5-19(4)14(20)9(2)16-12-8-11(15-3)17-13(18-12)10-6-7-10/h8-10H,5-7H2,1-4H3,(H2,15,16,17,18). The molecular weight excluding hydrogens is 254 g/mol. The van der Waals surface area contributed by atoms with E-state index >= 15 is 0 Å². The molecule has 1 aromatic rings. The van der Waals surface area contributed by atoms with Crippen LogP contribution in [0.25, 0.3) is 0 Å². The first-order valence-corrected chi connectivity index (χ1v) is 7.13. The summed E-state index contributed by atoms with van der Waals surface area (Å²) in [6.07, 6.45) is 2.30. The normalized spacial score (nSPS) is 15.6. The van der Waals surface area contributed by atoms with Gasteiger partial charge in [0, 0.05) is 32.6 Å². The van der Waals surface area contributed by atoms with E-state index < -0.39 is 0 Å². The third kappa shape index (κ3) is 3.37. The highest BCUT2D eigenvalue weighted by Crippen LogP contribution is 2.38. The molecule has 20 heavy (non-hydrogen) atoms. The van der Waals surface area contributed by atoms with Crippen molar-refractivity contribution in [1.82, 2.24) is 14.9 Å². The molecule has 1 heterocycles. The Bertz CT molecular complexity index is 486. The maximum atomic E-state index is 12.1. The van der Waals surface area contributed by atoms with Gasteiger partial charge in [0.05, 0.1) is 0 Å². The van der Waals surface area contributed by atoms with Crippen molar-refractivity contribution in [2.75, 3.05) is 31.3 Å². The van der Waals surface area contributed by atoms with E-state index in [-0.39, 0.29) is 11.9 Å². The Morgan fingerprint density at radius 1 is 1.45 bits per heavy atom. The van der Waals surface area contributed by atoms with Crippen LogP contribution in [-0.4, -0.2) is 47.5 Å². The topological polar surface area (TPSA) is 70.2 Å². The van der Waals surface area contributed by atoms with Crippen molar-refractivity contribution in [1.29, 1.82) is 0 Å². The first kappa shape index (κ1) is 14.6. The number of aromatic nitrogens is 2. The van der Waals surface area contributed by atoms with E-state index in [2.05, 4.69) is 20.6 Å². The molecule has 0 bridgehead atoms. The summed E-state index contributed by atoms with van der Waals surface area (Å²) >= 11 is 0. The molecule has 1 aliphatic rings. The molecule has 0 radical (unpaired) electrons. The van der Waals surface area contributed by atoms with Gasteiger partial charge in [0.15, 0.2) is 0 Å². The molecule has 1 unspecified atom stereocenters. The Hall–Kier alpha value is -1.85. The predicted octanol–water partition coefficient (Wildman–Crippen LogP) is 1.67. The van der Waals surface area contributed by atoms with Crippen molar-refractivity contribution < 1.29 is 4.79 Å². The summed E-state index contributed by atoms with van der Waals surface area (Å²) < 4.78 is 0. The molecule has 1 atom stereocenters. The van der Waals surface area contributed by atoms with Gasteiger partial charge in [-0.05, 0) is 26.7 Å².